The summed E-state index contributed by atoms with van der Waals surface area (Å²) < 4.78 is 0. The van der Waals surface area contributed by atoms with Crippen LogP contribution in [0.1, 0.15) is 13.8 Å². The van der Waals surface area contributed by atoms with Gasteiger partial charge in [0.1, 0.15) is 0 Å². The maximum absolute atomic E-state index is 10.5. The first-order chi connectivity index (χ1) is 5.36. The van der Waals surface area contributed by atoms with Crippen LogP contribution in [-0.2, 0) is 9.59 Å². The van der Waals surface area contributed by atoms with Crippen LogP contribution in [0.3, 0.4) is 0 Å². The summed E-state index contributed by atoms with van der Waals surface area (Å²) in [6.07, 6.45) is 0. The number of aliphatic carboxylic acids is 2. The van der Waals surface area contributed by atoms with E-state index in [1.54, 1.807) is 0 Å². The third kappa shape index (κ3) is 1.53. The Hall–Kier alpha value is -1.57. The van der Waals surface area contributed by atoms with Gasteiger partial charge in [0, 0.05) is 0 Å². The van der Waals surface area contributed by atoms with Gasteiger partial charge in [-0.2, -0.15) is 5.26 Å². The van der Waals surface area contributed by atoms with Crippen molar-refractivity contribution in [2.75, 3.05) is 0 Å². The molecule has 0 radical (unpaired) electrons. The summed E-state index contributed by atoms with van der Waals surface area (Å²) in [6, 6.07) is 1.48. The first kappa shape index (κ1) is 10.4. The van der Waals surface area contributed by atoms with Crippen LogP contribution >= 0.6 is 0 Å². The molecule has 0 aromatic carbocycles. The second-order valence-electron chi connectivity index (χ2n) is 2.68. The zero-order valence-electron chi connectivity index (χ0n) is 6.74. The van der Waals surface area contributed by atoms with Gasteiger partial charge in [-0.15, -0.1) is 0 Å². The molecule has 0 aliphatic heterocycles. The summed E-state index contributed by atoms with van der Waals surface area (Å²) in [5, 5.41) is 25.5. The largest absolute Gasteiger partial charge is 0.481 e. The highest BCUT2D eigenvalue weighted by Gasteiger charge is 2.43. The van der Waals surface area contributed by atoms with Gasteiger partial charge in [-0.05, 0) is 13.8 Å². The maximum atomic E-state index is 10.5. The number of carboxylic acid groups (broad SMARTS) is 2. The molecule has 12 heavy (non-hydrogen) atoms. The maximum Gasteiger partial charge on any atom is 0.324 e. The zero-order chi connectivity index (χ0) is 9.94. The Kier molecular flexibility index (Phi) is 2.80. The molecule has 0 fully saturated rings. The van der Waals surface area contributed by atoms with Crippen LogP contribution in [0, 0.1) is 22.7 Å². The van der Waals surface area contributed by atoms with Crippen LogP contribution < -0.4 is 0 Å². The zero-order valence-corrected chi connectivity index (χ0v) is 6.74. The molecular weight excluding hydrogens is 162 g/mol. The molecule has 0 aromatic heterocycles. The van der Waals surface area contributed by atoms with Crippen LogP contribution in [0.15, 0.2) is 0 Å². The topological polar surface area (TPSA) is 98.4 Å². The lowest BCUT2D eigenvalue weighted by Gasteiger charge is -2.19. The Morgan fingerprint density at radius 3 is 2.00 bits per heavy atom. The van der Waals surface area contributed by atoms with E-state index in [1.807, 2.05) is 0 Å². The van der Waals surface area contributed by atoms with Gasteiger partial charge < -0.3 is 10.2 Å². The van der Waals surface area contributed by atoms with E-state index in [-0.39, 0.29) is 0 Å². The number of hydrogen-bond acceptors (Lipinski definition) is 3. The fourth-order valence-electron chi connectivity index (χ4n) is 0.577. The van der Waals surface area contributed by atoms with Gasteiger partial charge in [0.25, 0.3) is 0 Å². The standard InChI is InChI=1S/C7H9NO4/c1-4(5(9)10)7(2,3-8)6(11)12/h4H,1-2H3,(H,9,10)(H,11,12). The van der Waals surface area contributed by atoms with Gasteiger partial charge in [-0.1, -0.05) is 0 Å². The van der Waals surface area contributed by atoms with Gasteiger partial charge in [0.05, 0.1) is 12.0 Å². The molecule has 2 atom stereocenters. The molecule has 0 heterocycles. The van der Waals surface area contributed by atoms with Crippen molar-refractivity contribution in [1.29, 1.82) is 5.26 Å². The van der Waals surface area contributed by atoms with Crippen LogP contribution in [-0.4, -0.2) is 22.2 Å². The summed E-state index contributed by atoms with van der Waals surface area (Å²) in [5.74, 6) is -3.93. The smallest absolute Gasteiger partial charge is 0.324 e. The number of nitrogens with zero attached hydrogens (tertiary/aromatic N) is 1. The van der Waals surface area contributed by atoms with Crippen molar-refractivity contribution < 1.29 is 19.8 Å². The molecule has 2 unspecified atom stereocenters. The molecule has 0 aliphatic rings. The monoisotopic (exact) mass is 171 g/mol. The molecule has 0 saturated carbocycles. The predicted octanol–water partition coefficient (Wildman–Crippen LogP) is 0.322. The normalized spacial score (nSPS) is 17.1. The molecule has 66 valence electrons. The molecule has 0 aliphatic carbocycles. The van der Waals surface area contributed by atoms with E-state index in [0.29, 0.717) is 0 Å². The molecular formula is C7H9NO4. The van der Waals surface area contributed by atoms with E-state index in [4.69, 9.17) is 15.5 Å². The molecule has 0 spiro atoms. The Bertz CT molecular complexity index is 255. The Morgan fingerprint density at radius 1 is 1.50 bits per heavy atom. The van der Waals surface area contributed by atoms with Crippen molar-refractivity contribution in [3.8, 4) is 6.07 Å². The minimum atomic E-state index is -1.86. The van der Waals surface area contributed by atoms with E-state index in [1.165, 1.54) is 13.0 Å². The highest BCUT2D eigenvalue weighted by molar-refractivity contribution is 5.85. The first-order valence-electron chi connectivity index (χ1n) is 3.23. The fraction of sp³-hybridized carbons (Fsp3) is 0.571. The Morgan fingerprint density at radius 2 is 1.92 bits per heavy atom. The number of nitriles is 1. The van der Waals surface area contributed by atoms with Crippen LogP contribution in [0.5, 0.6) is 0 Å². The van der Waals surface area contributed by atoms with Gasteiger partial charge in [0.2, 0.25) is 0 Å². The van der Waals surface area contributed by atoms with Gasteiger partial charge in [-0.25, -0.2) is 0 Å². The highest BCUT2D eigenvalue weighted by atomic mass is 16.4. The third-order valence-electron chi connectivity index (χ3n) is 1.91. The van der Waals surface area contributed by atoms with Crippen molar-refractivity contribution >= 4 is 11.9 Å². The minimum absolute atomic E-state index is 1.09. The fourth-order valence-corrected chi connectivity index (χ4v) is 0.577. The summed E-state index contributed by atoms with van der Waals surface area (Å²) in [5.41, 5.74) is -1.86. The molecule has 0 aromatic rings. The van der Waals surface area contributed by atoms with Crippen molar-refractivity contribution in [3.05, 3.63) is 0 Å². The molecule has 0 amide bonds. The number of rotatable bonds is 3. The molecule has 5 nitrogen and oxygen atoms in total. The lowest BCUT2D eigenvalue weighted by molar-refractivity contribution is -0.156. The van der Waals surface area contributed by atoms with E-state index < -0.39 is 23.3 Å². The number of carboxylic acids is 2. The summed E-state index contributed by atoms with van der Waals surface area (Å²) in [7, 11) is 0. The minimum Gasteiger partial charge on any atom is -0.481 e. The summed E-state index contributed by atoms with van der Waals surface area (Å²) in [4.78, 5) is 20.9. The number of carbonyl (C=O) groups is 2. The van der Waals surface area contributed by atoms with Crippen molar-refractivity contribution in [2.24, 2.45) is 11.3 Å². The molecule has 0 rings (SSSR count). The summed E-state index contributed by atoms with van der Waals surface area (Å²) in [6.45, 7) is 2.29. The van der Waals surface area contributed by atoms with E-state index in [9.17, 15) is 9.59 Å². The highest BCUT2D eigenvalue weighted by Crippen LogP contribution is 2.26. The summed E-state index contributed by atoms with van der Waals surface area (Å²) >= 11 is 0. The molecule has 5 heteroatoms. The van der Waals surface area contributed by atoms with Crippen LogP contribution in [0.25, 0.3) is 0 Å². The van der Waals surface area contributed by atoms with Crippen LogP contribution in [0.4, 0.5) is 0 Å². The van der Waals surface area contributed by atoms with E-state index in [2.05, 4.69) is 0 Å². The predicted molar refractivity (Wildman–Crippen MR) is 38.2 cm³/mol. The molecule has 0 bridgehead atoms. The van der Waals surface area contributed by atoms with Crippen molar-refractivity contribution in [3.63, 3.8) is 0 Å². The quantitative estimate of drug-likeness (QED) is 0.637. The average Bonchev–Trinajstić information content (AvgIpc) is 2.01. The lowest BCUT2D eigenvalue weighted by atomic mass is 9.79. The molecule has 0 saturated heterocycles. The first-order valence-corrected chi connectivity index (χ1v) is 3.23. The van der Waals surface area contributed by atoms with E-state index >= 15 is 0 Å². The second kappa shape index (κ2) is 3.22. The Balaban J connectivity index is 4.92. The third-order valence-corrected chi connectivity index (χ3v) is 1.91. The van der Waals surface area contributed by atoms with Crippen molar-refractivity contribution in [1.82, 2.24) is 0 Å². The van der Waals surface area contributed by atoms with Gasteiger partial charge in [-0.3, -0.25) is 9.59 Å². The van der Waals surface area contributed by atoms with Gasteiger partial charge in [0.15, 0.2) is 5.41 Å². The van der Waals surface area contributed by atoms with E-state index in [0.717, 1.165) is 6.92 Å². The van der Waals surface area contributed by atoms with Crippen LogP contribution in [0.2, 0.25) is 0 Å². The second-order valence-corrected chi connectivity index (χ2v) is 2.68. The lowest BCUT2D eigenvalue weighted by Crippen LogP contribution is -2.37. The SMILES string of the molecule is CC(C(=O)O)C(C)(C#N)C(=O)O. The number of hydrogen-bond donors (Lipinski definition) is 2. The Labute approximate surface area is 69.2 Å². The van der Waals surface area contributed by atoms with Gasteiger partial charge >= 0.3 is 11.9 Å². The average molecular weight is 171 g/mol. The molecule has 2 N–H and O–H groups in total. The van der Waals surface area contributed by atoms with Crippen molar-refractivity contribution in [2.45, 2.75) is 13.8 Å².